The molecule has 0 spiro atoms. The van der Waals surface area contributed by atoms with Crippen molar-refractivity contribution in [3.63, 3.8) is 0 Å². The fourth-order valence-electron chi connectivity index (χ4n) is 2.23. The molecule has 0 radical (unpaired) electrons. The number of likely N-dealkylation sites (tertiary alicyclic amines) is 1. The van der Waals surface area contributed by atoms with Gasteiger partial charge in [0.15, 0.2) is 0 Å². The van der Waals surface area contributed by atoms with Crippen LogP contribution in [0, 0.1) is 12.7 Å². The average molecular weight is 266 g/mol. The number of nitrogens with zero attached hydrogens (tertiary/aromatic N) is 1. The Morgan fingerprint density at radius 3 is 2.79 bits per heavy atom. The SMILES string of the molecule is Cc1ccc(CNC(=O)CN2CC(C)(O)C2)cc1F. The Labute approximate surface area is 112 Å². The van der Waals surface area contributed by atoms with Gasteiger partial charge in [-0.25, -0.2) is 4.39 Å². The van der Waals surface area contributed by atoms with E-state index in [1.807, 2.05) is 4.90 Å². The van der Waals surface area contributed by atoms with E-state index in [1.54, 1.807) is 26.0 Å². The second-order valence-electron chi connectivity index (χ2n) is 5.50. The molecule has 0 saturated carbocycles. The molecular weight excluding hydrogens is 247 g/mol. The summed E-state index contributed by atoms with van der Waals surface area (Å²) >= 11 is 0. The zero-order chi connectivity index (χ0) is 14.0. The number of aryl methyl sites for hydroxylation is 1. The summed E-state index contributed by atoms with van der Waals surface area (Å²) in [5, 5.41) is 12.3. The minimum Gasteiger partial charge on any atom is -0.388 e. The van der Waals surface area contributed by atoms with E-state index in [1.165, 1.54) is 6.07 Å². The van der Waals surface area contributed by atoms with Crippen LogP contribution in [-0.4, -0.2) is 41.1 Å². The van der Waals surface area contributed by atoms with Crippen molar-refractivity contribution in [2.24, 2.45) is 0 Å². The highest BCUT2D eigenvalue weighted by atomic mass is 19.1. The van der Waals surface area contributed by atoms with Gasteiger partial charge in [0.05, 0.1) is 12.1 Å². The fourth-order valence-corrected chi connectivity index (χ4v) is 2.23. The van der Waals surface area contributed by atoms with Gasteiger partial charge in [-0.05, 0) is 31.0 Å². The molecule has 5 heteroatoms. The lowest BCUT2D eigenvalue weighted by atomic mass is 9.97. The van der Waals surface area contributed by atoms with Gasteiger partial charge in [0.1, 0.15) is 5.82 Å². The summed E-state index contributed by atoms with van der Waals surface area (Å²) in [6.07, 6.45) is 0. The molecule has 1 aliphatic heterocycles. The summed E-state index contributed by atoms with van der Waals surface area (Å²) in [6.45, 7) is 5.06. The number of aliphatic hydroxyl groups is 1. The highest BCUT2D eigenvalue weighted by molar-refractivity contribution is 5.78. The third kappa shape index (κ3) is 3.75. The first kappa shape index (κ1) is 14.0. The standard InChI is InChI=1S/C14H19FN2O2/c1-10-3-4-11(5-12(10)15)6-16-13(18)7-17-8-14(2,19)9-17/h3-5,19H,6-9H2,1-2H3,(H,16,18). The van der Waals surface area contributed by atoms with Crippen LogP contribution in [0.3, 0.4) is 0 Å². The minimum absolute atomic E-state index is 0.114. The van der Waals surface area contributed by atoms with Gasteiger partial charge in [-0.15, -0.1) is 0 Å². The highest BCUT2D eigenvalue weighted by Gasteiger charge is 2.36. The van der Waals surface area contributed by atoms with Crippen molar-refractivity contribution in [2.75, 3.05) is 19.6 Å². The molecule has 0 unspecified atom stereocenters. The lowest BCUT2D eigenvalue weighted by molar-refractivity contribution is -0.130. The normalized spacial score (nSPS) is 17.9. The summed E-state index contributed by atoms with van der Waals surface area (Å²) < 4.78 is 13.3. The van der Waals surface area contributed by atoms with Crippen molar-refractivity contribution in [3.8, 4) is 0 Å². The second-order valence-corrected chi connectivity index (χ2v) is 5.50. The van der Waals surface area contributed by atoms with Crippen LogP contribution in [0.5, 0.6) is 0 Å². The molecule has 1 saturated heterocycles. The molecule has 19 heavy (non-hydrogen) atoms. The van der Waals surface area contributed by atoms with E-state index in [0.717, 1.165) is 5.56 Å². The molecule has 0 aliphatic carbocycles. The van der Waals surface area contributed by atoms with Crippen LogP contribution in [0.25, 0.3) is 0 Å². The van der Waals surface area contributed by atoms with E-state index in [2.05, 4.69) is 5.32 Å². The number of rotatable bonds is 4. The molecule has 1 aromatic rings. The molecule has 0 atom stereocenters. The predicted octanol–water partition coefficient (Wildman–Crippen LogP) is 0.817. The van der Waals surface area contributed by atoms with Crippen LogP contribution in [0.4, 0.5) is 4.39 Å². The molecule has 104 valence electrons. The van der Waals surface area contributed by atoms with Crippen molar-refractivity contribution < 1.29 is 14.3 Å². The summed E-state index contributed by atoms with van der Waals surface area (Å²) in [7, 11) is 0. The first-order chi connectivity index (χ1) is 8.85. The largest absolute Gasteiger partial charge is 0.388 e. The van der Waals surface area contributed by atoms with Gasteiger partial charge >= 0.3 is 0 Å². The number of hydrogen-bond donors (Lipinski definition) is 2. The van der Waals surface area contributed by atoms with Gasteiger partial charge in [-0.2, -0.15) is 0 Å². The van der Waals surface area contributed by atoms with Gasteiger partial charge in [0.25, 0.3) is 0 Å². The van der Waals surface area contributed by atoms with E-state index in [-0.39, 0.29) is 18.3 Å². The zero-order valence-electron chi connectivity index (χ0n) is 11.2. The number of carbonyl (C=O) groups excluding carboxylic acids is 1. The van der Waals surface area contributed by atoms with Gasteiger partial charge in [0, 0.05) is 19.6 Å². The molecule has 1 heterocycles. The summed E-state index contributed by atoms with van der Waals surface area (Å²) in [4.78, 5) is 13.5. The maximum atomic E-state index is 13.3. The average Bonchev–Trinajstić information content (AvgIpc) is 2.28. The number of hydrogen-bond acceptors (Lipinski definition) is 3. The van der Waals surface area contributed by atoms with Crippen LogP contribution in [0.15, 0.2) is 18.2 Å². The lowest BCUT2D eigenvalue weighted by Crippen LogP contribution is -2.61. The Morgan fingerprint density at radius 1 is 1.53 bits per heavy atom. The Balaban J connectivity index is 1.76. The van der Waals surface area contributed by atoms with E-state index < -0.39 is 5.60 Å². The van der Waals surface area contributed by atoms with Crippen LogP contribution in [-0.2, 0) is 11.3 Å². The number of halogens is 1. The molecular formula is C14H19FN2O2. The molecule has 4 nitrogen and oxygen atoms in total. The van der Waals surface area contributed by atoms with Crippen molar-refractivity contribution >= 4 is 5.91 Å². The first-order valence-electron chi connectivity index (χ1n) is 6.32. The van der Waals surface area contributed by atoms with Crippen LogP contribution in [0.2, 0.25) is 0 Å². The zero-order valence-corrected chi connectivity index (χ0v) is 11.2. The number of nitrogens with one attached hydrogen (secondary N) is 1. The van der Waals surface area contributed by atoms with Crippen molar-refractivity contribution in [2.45, 2.75) is 26.0 Å². The molecule has 0 bridgehead atoms. The van der Waals surface area contributed by atoms with Gasteiger partial charge in [-0.1, -0.05) is 12.1 Å². The summed E-state index contributed by atoms with van der Waals surface area (Å²) in [5.41, 5.74) is 0.672. The topological polar surface area (TPSA) is 52.6 Å². The Kier molecular flexibility index (Phi) is 3.87. The summed E-state index contributed by atoms with van der Waals surface area (Å²) in [5.74, 6) is -0.373. The second kappa shape index (κ2) is 5.27. The van der Waals surface area contributed by atoms with Crippen LogP contribution >= 0.6 is 0 Å². The maximum Gasteiger partial charge on any atom is 0.234 e. The van der Waals surface area contributed by atoms with Crippen LogP contribution < -0.4 is 5.32 Å². The first-order valence-corrected chi connectivity index (χ1v) is 6.32. The van der Waals surface area contributed by atoms with E-state index >= 15 is 0 Å². The minimum atomic E-state index is -0.666. The molecule has 1 fully saturated rings. The smallest absolute Gasteiger partial charge is 0.234 e. The van der Waals surface area contributed by atoms with E-state index in [4.69, 9.17) is 0 Å². The lowest BCUT2D eigenvalue weighted by Gasteiger charge is -2.43. The Hall–Kier alpha value is -1.46. The number of amides is 1. The quantitative estimate of drug-likeness (QED) is 0.848. The number of carbonyl (C=O) groups is 1. The van der Waals surface area contributed by atoms with Gasteiger partial charge in [0.2, 0.25) is 5.91 Å². The Bertz CT molecular complexity index is 480. The van der Waals surface area contributed by atoms with Crippen molar-refractivity contribution in [1.82, 2.24) is 10.2 Å². The molecule has 1 aromatic carbocycles. The van der Waals surface area contributed by atoms with Crippen LogP contribution in [0.1, 0.15) is 18.1 Å². The third-order valence-corrected chi connectivity index (χ3v) is 3.22. The molecule has 2 rings (SSSR count). The predicted molar refractivity (Wildman–Crippen MR) is 70.0 cm³/mol. The Morgan fingerprint density at radius 2 is 2.21 bits per heavy atom. The van der Waals surface area contributed by atoms with Gasteiger partial charge in [-0.3, -0.25) is 9.69 Å². The molecule has 1 amide bonds. The molecule has 2 N–H and O–H groups in total. The van der Waals surface area contributed by atoms with Crippen molar-refractivity contribution in [1.29, 1.82) is 0 Å². The van der Waals surface area contributed by atoms with E-state index in [0.29, 0.717) is 25.2 Å². The summed E-state index contributed by atoms with van der Waals surface area (Å²) in [6, 6.07) is 4.93. The molecule has 0 aromatic heterocycles. The monoisotopic (exact) mass is 266 g/mol. The van der Waals surface area contributed by atoms with E-state index in [9.17, 15) is 14.3 Å². The maximum absolute atomic E-state index is 13.3. The highest BCUT2D eigenvalue weighted by Crippen LogP contribution is 2.18. The van der Waals surface area contributed by atoms with Crippen molar-refractivity contribution in [3.05, 3.63) is 35.1 Å². The fraction of sp³-hybridized carbons (Fsp3) is 0.500. The third-order valence-electron chi connectivity index (χ3n) is 3.22. The number of β-amino-alcohol motifs (C(OH)–C–C–N with tert-alkyl or cyclic N) is 1. The number of benzene rings is 1. The molecule has 1 aliphatic rings. The van der Waals surface area contributed by atoms with Gasteiger partial charge < -0.3 is 10.4 Å².